The van der Waals surface area contributed by atoms with E-state index in [9.17, 15) is 4.79 Å². The number of rotatable bonds is 7. The molecular weight excluding hydrogens is 420 g/mol. The Hall–Kier alpha value is -3.27. The molecule has 0 radical (unpaired) electrons. The van der Waals surface area contributed by atoms with Crippen LogP contribution >= 0.6 is 0 Å². The van der Waals surface area contributed by atoms with E-state index in [4.69, 9.17) is 4.74 Å². The highest BCUT2D eigenvalue weighted by Crippen LogP contribution is 2.37. The summed E-state index contributed by atoms with van der Waals surface area (Å²) >= 11 is 0. The largest absolute Gasteiger partial charge is 0.497 e. The molecule has 1 amide bonds. The third-order valence-electron chi connectivity index (χ3n) is 6.90. The van der Waals surface area contributed by atoms with Gasteiger partial charge in [0.15, 0.2) is 0 Å². The number of aryl methyl sites for hydroxylation is 1. The van der Waals surface area contributed by atoms with Gasteiger partial charge in [0.25, 0.3) is 0 Å². The summed E-state index contributed by atoms with van der Waals surface area (Å²) in [5.74, 6) is 1.26. The minimum atomic E-state index is -0.162. The number of amides is 1. The van der Waals surface area contributed by atoms with Gasteiger partial charge in [0.1, 0.15) is 5.75 Å². The Morgan fingerprint density at radius 2 is 1.65 bits per heavy atom. The summed E-state index contributed by atoms with van der Waals surface area (Å²) in [5.41, 5.74) is 6.86. The molecule has 1 aliphatic carbocycles. The van der Waals surface area contributed by atoms with Gasteiger partial charge in [-0.2, -0.15) is 0 Å². The van der Waals surface area contributed by atoms with Crippen LogP contribution in [0.15, 0.2) is 66.7 Å². The number of fused-ring (bicyclic) bond motifs is 1. The maximum absolute atomic E-state index is 14.1. The number of hydrogen-bond donors (Lipinski definition) is 0. The summed E-state index contributed by atoms with van der Waals surface area (Å²) in [4.78, 5) is 18.2. The molecule has 1 unspecified atom stereocenters. The number of carbonyl (C=O) groups is 1. The molecule has 0 saturated carbocycles. The first-order chi connectivity index (χ1) is 16.4. The molecular formula is C30H36N2O2. The van der Waals surface area contributed by atoms with E-state index in [1.165, 1.54) is 11.1 Å². The van der Waals surface area contributed by atoms with Gasteiger partial charge in [-0.05, 0) is 83.8 Å². The number of nitrogens with zero attached hydrogens (tertiary/aromatic N) is 2. The van der Waals surface area contributed by atoms with Crippen LogP contribution in [0.2, 0.25) is 0 Å². The lowest BCUT2D eigenvalue weighted by molar-refractivity contribution is -0.120. The molecule has 34 heavy (non-hydrogen) atoms. The third kappa shape index (κ3) is 5.11. The Bertz CT molecular complexity index is 1120. The Morgan fingerprint density at radius 3 is 2.26 bits per heavy atom. The van der Waals surface area contributed by atoms with Crippen molar-refractivity contribution < 1.29 is 9.53 Å². The van der Waals surface area contributed by atoms with Gasteiger partial charge in [-0.3, -0.25) is 4.79 Å². The lowest BCUT2D eigenvalue weighted by Gasteiger charge is -2.31. The molecule has 0 saturated heterocycles. The number of hydrogen-bond acceptors (Lipinski definition) is 3. The van der Waals surface area contributed by atoms with Gasteiger partial charge in [-0.15, -0.1) is 0 Å². The first-order valence-corrected chi connectivity index (χ1v) is 12.2. The number of ether oxygens (including phenoxy) is 1. The summed E-state index contributed by atoms with van der Waals surface area (Å²) in [6.45, 7) is 4.93. The van der Waals surface area contributed by atoms with Crippen molar-refractivity contribution in [2.45, 2.75) is 51.5 Å². The molecule has 1 aliphatic rings. The van der Waals surface area contributed by atoms with Gasteiger partial charge in [-0.25, -0.2) is 0 Å². The molecule has 0 heterocycles. The third-order valence-corrected chi connectivity index (χ3v) is 6.90. The zero-order valence-electron chi connectivity index (χ0n) is 21.0. The van der Waals surface area contributed by atoms with Crippen LogP contribution in [0.1, 0.15) is 60.8 Å². The highest BCUT2D eigenvalue weighted by atomic mass is 16.5. The molecule has 1 atom stereocenters. The van der Waals surface area contributed by atoms with E-state index in [-0.39, 0.29) is 11.8 Å². The van der Waals surface area contributed by atoms with Crippen molar-refractivity contribution in [1.82, 2.24) is 0 Å². The topological polar surface area (TPSA) is 32.8 Å². The fraction of sp³-hybridized carbons (Fsp3) is 0.367. The Kier molecular flexibility index (Phi) is 7.26. The van der Waals surface area contributed by atoms with Gasteiger partial charge in [0, 0.05) is 25.5 Å². The van der Waals surface area contributed by atoms with Crippen molar-refractivity contribution in [3.63, 3.8) is 0 Å². The van der Waals surface area contributed by atoms with E-state index in [0.29, 0.717) is 12.5 Å². The van der Waals surface area contributed by atoms with Gasteiger partial charge < -0.3 is 14.5 Å². The van der Waals surface area contributed by atoms with Crippen molar-refractivity contribution in [1.29, 1.82) is 0 Å². The van der Waals surface area contributed by atoms with Crippen LogP contribution in [0, 0.1) is 0 Å². The highest BCUT2D eigenvalue weighted by Gasteiger charge is 2.31. The first kappa shape index (κ1) is 23.9. The maximum atomic E-state index is 14.1. The normalized spacial score (nSPS) is 15.1. The van der Waals surface area contributed by atoms with Crippen molar-refractivity contribution in [2.24, 2.45) is 0 Å². The average molecular weight is 457 g/mol. The molecule has 0 aliphatic heterocycles. The monoisotopic (exact) mass is 456 g/mol. The number of methoxy groups -OCH3 is 1. The Labute approximate surface area is 204 Å². The van der Waals surface area contributed by atoms with Gasteiger partial charge in [-0.1, -0.05) is 44.2 Å². The van der Waals surface area contributed by atoms with Crippen LogP contribution in [0.5, 0.6) is 5.75 Å². The minimum Gasteiger partial charge on any atom is -0.497 e. The van der Waals surface area contributed by atoms with Crippen LogP contribution in [0.25, 0.3) is 0 Å². The first-order valence-electron chi connectivity index (χ1n) is 12.2. The molecule has 178 valence electrons. The lowest BCUT2D eigenvalue weighted by atomic mass is 9.81. The van der Waals surface area contributed by atoms with Crippen LogP contribution < -0.4 is 14.5 Å². The fourth-order valence-corrected chi connectivity index (χ4v) is 4.77. The van der Waals surface area contributed by atoms with Crippen LogP contribution in [-0.4, -0.2) is 27.1 Å². The van der Waals surface area contributed by atoms with Crippen LogP contribution in [0.4, 0.5) is 11.4 Å². The molecule has 3 aromatic rings. The number of anilines is 2. The van der Waals surface area contributed by atoms with Gasteiger partial charge >= 0.3 is 0 Å². The highest BCUT2D eigenvalue weighted by molar-refractivity contribution is 5.98. The van der Waals surface area contributed by atoms with Crippen LogP contribution in [-0.2, 0) is 17.8 Å². The van der Waals surface area contributed by atoms with E-state index in [2.05, 4.69) is 79.4 Å². The van der Waals surface area contributed by atoms with Gasteiger partial charge in [0.05, 0.1) is 19.6 Å². The van der Waals surface area contributed by atoms with Gasteiger partial charge in [0.2, 0.25) is 5.91 Å². The Morgan fingerprint density at radius 1 is 0.971 bits per heavy atom. The van der Waals surface area contributed by atoms with E-state index >= 15 is 0 Å². The number of benzene rings is 3. The maximum Gasteiger partial charge on any atom is 0.234 e. The van der Waals surface area contributed by atoms with Crippen LogP contribution in [0.3, 0.4) is 0 Å². The zero-order valence-corrected chi connectivity index (χ0v) is 21.0. The molecule has 3 aromatic carbocycles. The summed E-state index contributed by atoms with van der Waals surface area (Å²) in [6.07, 6.45) is 2.89. The lowest BCUT2D eigenvalue weighted by Crippen LogP contribution is -2.36. The average Bonchev–Trinajstić information content (AvgIpc) is 2.86. The predicted molar refractivity (Wildman–Crippen MR) is 141 cm³/mol. The Balaban J connectivity index is 1.70. The quantitative estimate of drug-likeness (QED) is 0.405. The van der Waals surface area contributed by atoms with E-state index in [0.717, 1.165) is 47.5 Å². The van der Waals surface area contributed by atoms with Crippen molar-refractivity contribution in [2.75, 3.05) is 31.0 Å². The standard InChI is InChI=1S/C30H36N2O2/c1-21(2)23-11-16-26(17-12-23)32(20-22-9-14-25(15-10-22)31(3)4)30(33)28-8-6-7-24-13-18-27(34-5)19-29(24)28/h9-19,21,28H,6-8,20H2,1-5H3. The second kappa shape index (κ2) is 10.3. The molecule has 0 N–H and O–H groups in total. The molecule has 0 fully saturated rings. The molecule has 4 rings (SSSR count). The van der Waals surface area contributed by atoms with Crippen molar-refractivity contribution in [3.05, 3.63) is 89.0 Å². The van der Waals surface area contributed by atoms with E-state index < -0.39 is 0 Å². The second-order valence-electron chi connectivity index (χ2n) is 9.74. The zero-order chi connectivity index (χ0) is 24.2. The fourth-order valence-electron chi connectivity index (χ4n) is 4.77. The van der Waals surface area contributed by atoms with E-state index in [1.807, 2.05) is 25.1 Å². The molecule has 0 spiro atoms. The molecule has 0 aromatic heterocycles. The molecule has 0 bridgehead atoms. The summed E-state index contributed by atoms with van der Waals surface area (Å²) in [7, 11) is 5.76. The SMILES string of the molecule is COc1ccc2c(c1)C(C(=O)N(Cc1ccc(N(C)C)cc1)c1ccc(C(C)C)cc1)CCC2. The number of carbonyl (C=O) groups excluding carboxylic acids is 1. The predicted octanol–water partition coefficient (Wildman–Crippen LogP) is 6.54. The summed E-state index contributed by atoms with van der Waals surface area (Å²) < 4.78 is 5.49. The van der Waals surface area contributed by atoms with Crippen molar-refractivity contribution in [3.8, 4) is 5.75 Å². The second-order valence-corrected chi connectivity index (χ2v) is 9.74. The smallest absolute Gasteiger partial charge is 0.234 e. The van der Waals surface area contributed by atoms with Crippen molar-refractivity contribution >= 4 is 17.3 Å². The summed E-state index contributed by atoms with van der Waals surface area (Å²) in [6, 6.07) is 23.1. The summed E-state index contributed by atoms with van der Waals surface area (Å²) in [5, 5.41) is 0. The minimum absolute atomic E-state index is 0.156. The van der Waals surface area contributed by atoms with E-state index in [1.54, 1.807) is 7.11 Å². The molecule has 4 heteroatoms. The molecule has 4 nitrogen and oxygen atoms in total.